The second kappa shape index (κ2) is 5.96. The van der Waals surface area contributed by atoms with Crippen LogP contribution in [-0.2, 0) is 0 Å². The molecule has 1 amide bonds. The fourth-order valence-electron chi connectivity index (χ4n) is 2.43. The van der Waals surface area contributed by atoms with Crippen molar-refractivity contribution in [2.45, 2.75) is 20.8 Å². The number of hydrogen-bond donors (Lipinski definition) is 3. The molecule has 2 heterocycles. The third-order valence-corrected chi connectivity index (χ3v) is 3.72. The number of primary amides is 1. The topological polar surface area (TPSA) is 120 Å². The first-order valence-electron chi connectivity index (χ1n) is 6.91. The van der Waals surface area contributed by atoms with E-state index in [2.05, 4.69) is 16.5 Å². The number of anilines is 1. The highest BCUT2D eigenvalue weighted by Crippen LogP contribution is 2.34. The molecule has 0 fully saturated rings. The molecule has 7 heteroatoms. The third-order valence-electron chi connectivity index (χ3n) is 3.72. The quantitative estimate of drug-likeness (QED) is 0.591. The second-order valence-electron chi connectivity index (χ2n) is 5.17. The lowest BCUT2D eigenvalue weighted by Crippen LogP contribution is -2.14. The van der Waals surface area contributed by atoms with Crippen LogP contribution in [0.3, 0.4) is 0 Å². The number of aromatic nitrogens is 3. The summed E-state index contributed by atoms with van der Waals surface area (Å²) in [4.78, 5) is 19.9. The zero-order valence-corrected chi connectivity index (χ0v) is 13.3. The average Bonchev–Trinajstić information content (AvgIpc) is 2.80. The number of aliphatic hydroxyl groups is 1. The first-order valence-corrected chi connectivity index (χ1v) is 6.91. The van der Waals surface area contributed by atoms with Crippen molar-refractivity contribution in [3.05, 3.63) is 47.6 Å². The van der Waals surface area contributed by atoms with Gasteiger partial charge in [-0.15, -0.1) is 0 Å². The standard InChI is InChI=1S/C16H19N5O2/c1-5-8(2)13(9(3)10(4)22)21-14(17)12(15(18)23)11-6-19-7-20-16(11)21/h5-7,22H,1,17H2,2-4H3,(H2,18,23)/b10-9+,13-8+. The van der Waals surface area contributed by atoms with E-state index in [4.69, 9.17) is 11.5 Å². The highest BCUT2D eigenvalue weighted by molar-refractivity contribution is 6.11. The van der Waals surface area contributed by atoms with Crippen LogP contribution >= 0.6 is 0 Å². The molecule has 0 radical (unpaired) electrons. The molecule has 5 N–H and O–H groups in total. The number of fused-ring (bicyclic) bond motifs is 1. The number of carbonyl (C=O) groups excluding carboxylic acids is 1. The van der Waals surface area contributed by atoms with Gasteiger partial charge in [0.15, 0.2) is 0 Å². The molecule has 2 aromatic rings. The number of nitrogens with two attached hydrogens (primary N) is 2. The number of rotatable bonds is 4. The Hall–Kier alpha value is -3.09. The molecule has 0 aromatic carbocycles. The van der Waals surface area contributed by atoms with Crippen molar-refractivity contribution in [1.82, 2.24) is 14.5 Å². The van der Waals surface area contributed by atoms with Crippen molar-refractivity contribution < 1.29 is 9.90 Å². The molecule has 0 unspecified atom stereocenters. The summed E-state index contributed by atoms with van der Waals surface area (Å²) < 4.78 is 1.59. The highest BCUT2D eigenvalue weighted by atomic mass is 16.3. The Balaban J connectivity index is 3.03. The van der Waals surface area contributed by atoms with Crippen LogP contribution in [0.25, 0.3) is 16.7 Å². The first kappa shape index (κ1) is 16.3. The van der Waals surface area contributed by atoms with Crippen LogP contribution in [0.1, 0.15) is 31.1 Å². The van der Waals surface area contributed by atoms with E-state index in [-0.39, 0.29) is 17.1 Å². The molecule has 2 aromatic heterocycles. The maximum atomic E-state index is 11.8. The Kier molecular flexibility index (Phi) is 4.22. The summed E-state index contributed by atoms with van der Waals surface area (Å²) in [5.41, 5.74) is 14.1. The van der Waals surface area contributed by atoms with Gasteiger partial charge in [-0.3, -0.25) is 9.36 Å². The molecular formula is C16H19N5O2. The van der Waals surface area contributed by atoms with Crippen LogP contribution in [0.2, 0.25) is 0 Å². The predicted octanol–water partition coefficient (Wildman–Crippen LogP) is 2.38. The molecule has 23 heavy (non-hydrogen) atoms. The van der Waals surface area contributed by atoms with E-state index in [0.29, 0.717) is 22.3 Å². The molecule has 0 bridgehead atoms. The van der Waals surface area contributed by atoms with Gasteiger partial charge in [-0.25, -0.2) is 9.97 Å². The molecule has 0 atom stereocenters. The van der Waals surface area contributed by atoms with Crippen LogP contribution in [0.4, 0.5) is 5.82 Å². The van der Waals surface area contributed by atoms with E-state index < -0.39 is 5.91 Å². The van der Waals surface area contributed by atoms with Gasteiger partial charge < -0.3 is 16.6 Å². The largest absolute Gasteiger partial charge is 0.512 e. The number of carbonyl (C=O) groups is 1. The molecule has 0 aliphatic carbocycles. The minimum atomic E-state index is -0.668. The number of aliphatic hydroxyl groups excluding tert-OH is 1. The lowest BCUT2D eigenvalue weighted by atomic mass is 10.1. The number of nitrogens with zero attached hydrogens (tertiary/aromatic N) is 3. The number of allylic oxidation sites excluding steroid dienone is 5. The fraction of sp³-hybridized carbons (Fsp3) is 0.188. The lowest BCUT2D eigenvalue weighted by molar-refractivity contribution is 0.100. The van der Waals surface area contributed by atoms with Crippen LogP contribution in [-0.4, -0.2) is 25.5 Å². The molecule has 0 aliphatic heterocycles. The molecule has 0 spiro atoms. The van der Waals surface area contributed by atoms with Crippen molar-refractivity contribution in [3.8, 4) is 0 Å². The highest BCUT2D eigenvalue weighted by Gasteiger charge is 2.24. The van der Waals surface area contributed by atoms with E-state index in [9.17, 15) is 9.90 Å². The smallest absolute Gasteiger partial charge is 0.253 e. The van der Waals surface area contributed by atoms with Crippen LogP contribution < -0.4 is 11.5 Å². The molecule has 120 valence electrons. The summed E-state index contributed by atoms with van der Waals surface area (Å²) in [6.07, 6.45) is 4.48. The van der Waals surface area contributed by atoms with Gasteiger partial charge >= 0.3 is 0 Å². The van der Waals surface area contributed by atoms with Gasteiger partial charge in [0.2, 0.25) is 0 Å². The fourth-order valence-corrected chi connectivity index (χ4v) is 2.43. The number of hydrogen-bond acceptors (Lipinski definition) is 5. The molecule has 0 saturated carbocycles. The van der Waals surface area contributed by atoms with E-state index >= 15 is 0 Å². The van der Waals surface area contributed by atoms with E-state index in [1.165, 1.54) is 12.5 Å². The average molecular weight is 313 g/mol. The normalized spacial score (nSPS) is 13.5. The molecule has 0 saturated heterocycles. The Morgan fingerprint density at radius 1 is 1.39 bits per heavy atom. The van der Waals surface area contributed by atoms with E-state index in [1.807, 2.05) is 6.92 Å². The van der Waals surface area contributed by atoms with Gasteiger partial charge in [0, 0.05) is 11.8 Å². The van der Waals surface area contributed by atoms with Gasteiger partial charge in [-0.05, 0) is 26.3 Å². The monoisotopic (exact) mass is 313 g/mol. The molecule has 7 nitrogen and oxygen atoms in total. The van der Waals surface area contributed by atoms with Gasteiger partial charge in [0.25, 0.3) is 5.91 Å². The van der Waals surface area contributed by atoms with Crippen LogP contribution in [0, 0.1) is 0 Å². The Morgan fingerprint density at radius 3 is 2.57 bits per heavy atom. The van der Waals surface area contributed by atoms with Crippen molar-refractivity contribution in [1.29, 1.82) is 0 Å². The van der Waals surface area contributed by atoms with Gasteiger partial charge in [-0.2, -0.15) is 0 Å². The van der Waals surface area contributed by atoms with Gasteiger partial charge in [-0.1, -0.05) is 12.7 Å². The molecule has 0 aliphatic rings. The van der Waals surface area contributed by atoms with Gasteiger partial charge in [0.1, 0.15) is 17.8 Å². The second-order valence-corrected chi connectivity index (χ2v) is 5.17. The SMILES string of the molecule is C=C/C(C)=C(\C(C)=C(/C)O)n1c(N)c(C(N)=O)c2cncnc21. The summed E-state index contributed by atoms with van der Waals surface area (Å²) in [5.74, 6) is -0.402. The van der Waals surface area contributed by atoms with Crippen molar-refractivity contribution in [2.75, 3.05) is 5.73 Å². The Bertz CT molecular complexity index is 870. The summed E-state index contributed by atoms with van der Waals surface area (Å²) in [6, 6.07) is 0. The number of amides is 1. The summed E-state index contributed by atoms with van der Waals surface area (Å²) in [7, 11) is 0. The number of nitrogen functional groups attached to an aromatic ring is 1. The first-order chi connectivity index (χ1) is 10.8. The van der Waals surface area contributed by atoms with Gasteiger partial charge in [0.05, 0.1) is 22.4 Å². The van der Waals surface area contributed by atoms with E-state index in [1.54, 1.807) is 24.5 Å². The zero-order valence-electron chi connectivity index (χ0n) is 13.3. The third kappa shape index (κ3) is 2.57. The minimum Gasteiger partial charge on any atom is -0.512 e. The predicted molar refractivity (Wildman–Crippen MR) is 90.5 cm³/mol. The minimum absolute atomic E-state index is 0.122. The zero-order chi connectivity index (χ0) is 17.3. The van der Waals surface area contributed by atoms with Crippen molar-refractivity contribution in [3.63, 3.8) is 0 Å². The maximum absolute atomic E-state index is 11.8. The molecular weight excluding hydrogens is 294 g/mol. The van der Waals surface area contributed by atoms with Crippen LogP contribution in [0.15, 0.2) is 42.1 Å². The van der Waals surface area contributed by atoms with Crippen LogP contribution in [0.5, 0.6) is 0 Å². The summed E-state index contributed by atoms with van der Waals surface area (Å²) in [6.45, 7) is 8.90. The maximum Gasteiger partial charge on any atom is 0.253 e. The molecule has 2 rings (SSSR count). The summed E-state index contributed by atoms with van der Waals surface area (Å²) in [5, 5.41) is 10.4. The Morgan fingerprint density at radius 2 is 2.04 bits per heavy atom. The van der Waals surface area contributed by atoms with E-state index in [0.717, 1.165) is 5.57 Å². The lowest BCUT2D eigenvalue weighted by Gasteiger charge is -2.16. The summed E-state index contributed by atoms with van der Waals surface area (Å²) >= 11 is 0. The van der Waals surface area contributed by atoms with Crippen molar-refractivity contribution >= 4 is 28.5 Å². The van der Waals surface area contributed by atoms with Crippen molar-refractivity contribution in [2.24, 2.45) is 5.73 Å². The Labute approximate surface area is 133 Å².